The number of hydrogen-bond donors (Lipinski definition) is 1. The summed E-state index contributed by atoms with van der Waals surface area (Å²) >= 11 is 5.98. The maximum atomic E-state index is 13.0. The summed E-state index contributed by atoms with van der Waals surface area (Å²) in [6.07, 6.45) is 3.83. The van der Waals surface area contributed by atoms with Crippen molar-refractivity contribution in [3.8, 4) is 0 Å². The zero-order chi connectivity index (χ0) is 23.2. The first-order valence-corrected chi connectivity index (χ1v) is 11.1. The van der Waals surface area contributed by atoms with E-state index in [4.69, 9.17) is 21.6 Å². The smallest absolute Gasteiger partial charge is 0.193 e. The van der Waals surface area contributed by atoms with Crippen LogP contribution in [0, 0.1) is 0 Å². The number of rotatable bonds is 8. The van der Waals surface area contributed by atoms with Crippen LogP contribution in [0.2, 0.25) is 5.02 Å². The van der Waals surface area contributed by atoms with Gasteiger partial charge in [0.15, 0.2) is 11.6 Å². The number of aromatic nitrogens is 2. The number of nitrogens with one attached hydrogen (secondary N) is 1. The van der Waals surface area contributed by atoms with Crippen LogP contribution in [0.5, 0.6) is 0 Å². The number of ketones is 1. The van der Waals surface area contributed by atoms with Crippen LogP contribution in [-0.4, -0.2) is 47.8 Å². The Hall–Kier alpha value is -3.54. The molecule has 0 saturated carbocycles. The van der Waals surface area contributed by atoms with Crippen LogP contribution in [0.4, 0.5) is 5.82 Å². The number of likely N-dealkylation sites (N-methyl/N-ethyl adjacent to an activating group) is 1. The summed E-state index contributed by atoms with van der Waals surface area (Å²) in [7, 11) is 4.05. The van der Waals surface area contributed by atoms with E-state index in [1.807, 2.05) is 99.0 Å². The molecule has 0 amide bonds. The second kappa shape index (κ2) is 10.4. The Morgan fingerprint density at radius 1 is 0.939 bits per heavy atom. The molecule has 33 heavy (non-hydrogen) atoms. The Balaban J connectivity index is 1.70. The molecule has 4 rings (SSSR count). The van der Waals surface area contributed by atoms with Gasteiger partial charge in [-0.3, -0.25) is 4.79 Å². The van der Waals surface area contributed by atoms with Gasteiger partial charge in [0.1, 0.15) is 5.82 Å². The molecule has 0 bridgehead atoms. The van der Waals surface area contributed by atoms with Crippen molar-refractivity contribution in [2.45, 2.75) is 0 Å². The molecule has 3 aromatic carbocycles. The summed E-state index contributed by atoms with van der Waals surface area (Å²) in [6, 6.07) is 22.4. The van der Waals surface area contributed by atoms with Crippen LogP contribution in [0.15, 0.2) is 72.8 Å². The van der Waals surface area contributed by atoms with Crippen molar-refractivity contribution in [1.82, 2.24) is 14.9 Å². The second-order valence-corrected chi connectivity index (χ2v) is 8.41. The fraction of sp³-hybridized carbons (Fsp3) is 0.148. The van der Waals surface area contributed by atoms with Crippen LogP contribution in [0.3, 0.4) is 0 Å². The Bertz CT molecular complexity index is 1290. The SMILES string of the molecule is CN(C)CCNc1nc(/C=C/c2ccc(Cl)cc2)nc2ccc(C(=O)c3ccccc3)cc12. The molecule has 0 radical (unpaired) electrons. The molecule has 4 aromatic rings. The zero-order valence-corrected chi connectivity index (χ0v) is 19.4. The molecule has 0 unspecified atom stereocenters. The average molecular weight is 457 g/mol. The van der Waals surface area contributed by atoms with Crippen molar-refractivity contribution in [3.63, 3.8) is 0 Å². The number of nitrogens with zero attached hydrogens (tertiary/aromatic N) is 3. The lowest BCUT2D eigenvalue weighted by Crippen LogP contribution is -2.21. The average Bonchev–Trinajstić information content (AvgIpc) is 2.83. The van der Waals surface area contributed by atoms with E-state index < -0.39 is 0 Å². The van der Waals surface area contributed by atoms with Crippen molar-refractivity contribution in [3.05, 3.63) is 100 Å². The molecule has 0 aliphatic heterocycles. The molecule has 1 heterocycles. The lowest BCUT2D eigenvalue weighted by Gasteiger charge is -2.13. The number of fused-ring (bicyclic) bond motifs is 1. The van der Waals surface area contributed by atoms with Gasteiger partial charge >= 0.3 is 0 Å². The highest BCUT2D eigenvalue weighted by Gasteiger charge is 2.13. The molecule has 0 aliphatic carbocycles. The van der Waals surface area contributed by atoms with Gasteiger partial charge < -0.3 is 10.2 Å². The summed E-state index contributed by atoms with van der Waals surface area (Å²) in [6.45, 7) is 1.57. The summed E-state index contributed by atoms with van der Waals surface area (Å²) in [5, 5.41) is 4.93. The van der Waals surface area contributed by atoms with Crippen LogP contribution in [0.1, 0.15) is 27.3 Å². The highest BCUT2D eigenvalue weighted by Crippen LogP contribution is 2.24. The molecule has 0 spiro atoms. The maximum Gasteiger partial charge on any atom is 0.193 e. The first kappa shape index (κ1) is 22.6. The van der Waals surface area contributed by atoms with E-state index in [1.165, 1.54) is 0 Å². The van der Waals surface area contributed by atoms with Gasteiger partial charge in [-0.25, -0.2) is 9.97 Å². The second-order valence-electron chi connectivity index (χ2n) is 7.97. The van der Waals surface area contributed by atoms with Gasteiger partial charge in [0.2, 0.25) is 0 Å². The van der Waals surface area contributed by atoms with Gasteiger partial charge in [0.05, 0.1) is 5.52 Å². The Kier molecular flexibility index (Phi) is 7.13. The van der Waals surface area contributed by atoms with E-state index in [0.717, 1.165) is 29.6 Å². The van der Waals surface area contributed by atoms with E-state index in [1.54, 1.807) is 0 Å². The highest BCUT2D eigenvalue weighted by molar-refractivity contribution is 6.30. The van der Waals surface area contributed by atoms with Crippen molar-refractivity contribution in [2.24, 2.45) is 0 Å². The third-order valence-corrected chi connectivity index (χ3v) is 5.41. The van der Waals surface area contributed by atoms with E-state index in [0.29, 0.717) is 27.8 Å². The van der Waals surface area contributed by atoms with E-state index in [2.05, 4.69) is 10.2 Å². The van der Waals surface area contributed by atoms with Crippen LogP contribution < -0.4 is 5.32 Å². The van der Waals surface area contributed by atoms with E-state index in [-0.39, 0.29) is 5.78 Å². The predicted octanol–water partition coefficient (Wildman–Crippen LogP) is 5.66. The summed E-state index contributed by atoms with van der Waals surface area (Å²) < 4.78 is 0. The minimum atomic E-state index is -0.0246. The molecule has 5 nitrogen and oxygen atoms in total. The van der Waals surface area contributed by atoms with Gasteiger partial charge in [0.25, 0.3) is 0 Å². The molecular formula is C27H25ClN4O. The summed E-state index contributed by atoms with van der Waals surface area (Å²) in [5.41, 5.74) is 3.05. The fourth-order valence-electron chi connectivity index (χ4n) is 3.40. The standard InChI is InChI=1S/C27H25ClN4O/c1-32(2)17-16-29-27-23-18-21(26(33)20-6-4-3-5-7-20)11-14-24(23)30-25(31-27)15-10-19-8-12-22(28)13-9-19/h3-15,18H,16-17H2,1-2H3,(H,29,30,31)/b15-10+. The van der Waals surface area contributed by atoms with Crippen molar-refractivity contribution >= 4 is 46.3 Å². The number of carbonyl (C=O) groups excluding carboxylic acids is 1. The van der Waals surface area contributed by atoms with Crippen LogP contribution in [0.25, 0.3) is 23.1 Å². The minimum absolute atomic E-state index is 0.0246. The van der Waals surface area contributed by atoms with E-state index in [9.17, 15) is 4.79 Å². The zero-order valence-electron chi connectivity index (χ0n) is 18.6. The topological polar surface area (TPSA) is 58.1 Å². The largest absolute Gasteiger partial charge is 0.368 e. The normalized spacial score (nSPS) is 11.4. The van der Waals surface area contributed by atoms with Gasteiger partial charge in [-0.1, -0.05) is 60.1 Å². The monoisotopic (exact) mass is 456 g/mol. The molecular weight excluding hydrogens is 432 g/mol. The maximum absolute atomic E-state index is 13.0. The lowest BCUT2D eigenvalue weighted by atomic mass is 10.0. The number of carbonyl (C=O) groups is 1. The molecule has 1 N–H and O–H groups in total. The van der Waals surface area contributed by atoms with Crippen LogP contribution in [-0.2, 0) is 0 Å². The molecule has 0 atom stereocenters. The molecule has 166 valence electrons. The van der Waals surface area contributed by atoms with E-state index >= 15 is 0 Å². The molecule has 1 aromatic heterocycles. The van der Waals surface area contributed by atoms with Crippen LogP contribution >= 0.6 is 11.6 Å². The van der Waals surface area contributed by atoms with Crippen molar-refractivity contribution in [1.29, 1.82) is 0 Å². The molecule has 0 saturated heterocycles. The summed E-state index contributed by atoms with van der Waals surface area (Å²) in [5.74, 6) is 1.27. The summed E-state index contributed by atoms with van der Waals surface area (Å²) in [4.78, 5) is 24.5. The Morgan fingerprint density at radius 3 is 2.42 bits per heavy atom. The molecule has 0 aliphatic rings. The number of benzene rings is 3. The van der Waals surface area contributed by atoms with Gasteiger partial charge in [-0.2, -0.15) is 0 Å². The molecule has 0 fully saturated rings. The Labute approximate surface area is 198 Å². The lowest BCUT2D eigenvalue weighted by molar-refractivity contribution is 0.103. The third kappa shape index (κ3) is 5.83. The third-order valence-electron chi connectivity index (χ3n) is 5.16. The first-order valence-electron chi connectivity index (χ1n) is 10.7. The fourth-order valence-corrected chi connectivity index (χ4v) is 3.52. The minimum Gasteiger partial charge on any atom is -0.368 e. The number of anilines is 1. The van der Waals surface area contributed by atoms with Gasteiger partial charge in [-0.05, 0) is 56.1 Å². The number of hydrogen-bond acceptors (Lipinski definition) is 5. The Morgan fingerprint density at radius 2 is 1.70 bits per heavy atom. The highest BCUT2D eigenvalue weighted by atomic mass is 35.5. The van der Waals surface area contributed by atoms with Gasteiger partial charge in [-0.15, -0.1) is 0 Å². The van der Waals surface area contributed by atoms with Crippen molar-refractivity contribution in [2.75, 3.05) is 32.5 Å². The number of halogens is 1. The van der Waals surface area contributed by atoms with Gasteiger partial charge in [0, 0.05) is 34.6 Å². The molecule has 6 heteroatoms. The first-order chi connectivity index (χ1) is 16.0. The predicted molar refractivity (Wildman–Crippen MR) is 137 cm³/mol. The van der Waals surface area contributed by atoms with Crippen molar-refractivity contribution < 1.29 is 4.79 Å². The quantitative estimate of drug-likeness (QED) is 0.347.